The van der Waals surface area contributed by atoms with Crippen molar-refractivity contribution in [3.8, 4) is 0 Å². The van der Waals surface area contributed by atoms with Crippen LogP contribution in [0, 0.1) is 0 Å². The highest BCUT2D eigenvalue weighted by Crippen LogP contribution is 2.31. The first kappa shape index (κ1) is 17.9. The number of hydrogen-bond donors (Lipinski definition) is 2. The Balaban J connectivity index is 2.07. The van der Waals surface area contributed by atoms with Gasteiger partial charge >= 0.3 is 0 Å². The summed E-state index contributed by atoms with van der Waals surface area (Å²) in [6.07, 6.45) is 0. The van der Waals surface area contributed by atoms with Crippen LogP contribution in [0.15, 0.2) is 41.2 Å². The van der Waals surface area contributed by atoms with Gasteiger partial charge in [-0.15, -0.1) is 11.3 Å². The molecule has 1 aromatic heterocycles. The first-order chi connectivity index (χ1) is 12.2. The molecule has 0 amide bonds. The number of likely N-dealkylation sites (N-methyl/N-ethyl adjacent to an activating group) is 1. The highest BCUT2D eigenvalue weighted by molar-refractivity contribution is 7.24. The predicted octanol–water partition coefficient (Wildman–Crippen LogP) is 3.63. The first-order valence-electron chi connectivity index (χ1n) is 8.83. The number of benzene rings is 2. The third-order valence-corrected chi connectivity index (χ3v) is 5.91. The number of nitrogens with two attached hydrogens (primary N) is 1. The Labute approximate surface area is 152 Å². The van der Waals surface area contributed by atoms with Crippen molar-refractivity contribution in [2.75, 3.05) is 31.5 Å². The van der Waals surface area contributed by atoms with Gasteiger partial charge < -0.3 is 16.0 Å². The maximum absolute atomic E-state index is 13.1. The van der Waals surface area contributed by atoms with E-state index in [9.17, 15) is 4.79 Å². The van der Waals surface area contributed by atoms with Crippen molar-refractivity contribution in [3.63, 3.8) is 0 Å². The summed E-state index contributed by atoms with van der Waals surface area (Å²) in [6, 6.07) is 11.8. The van der Waals surface area contributed by atoms with Gasteiger partial charge in [0, 0.05) is 40.1 Å². The van der Waals surface area contributed by atoms with Crippen LogP contribution >= 0.6 is 11.3 Å². The highest BCUT2D eigenvalue weighted by atomic mass is 32.1. The molecule has 0 atom stereocenters. The molecule has 5 heteroatoms. The van der Waals surface area contributed by atoms with E-state index in [1.54, 1.807) is 11.3 Å². The van der Waals surface area contributed by atoms with Gasteiger partial charge in [-0.3, -0.25) is 4.79 Å². The van der Waals surface area contributed by atoms with Crippen molar-refractivity contribution in [3.05, 3.63) is 52.2 Å². The molecule has 2 aromatic carbocycles. The average molecular weight is 356 g/mol. The quantitative estimate of drug-likeness (QED) is 0.636. The van der Waals surface area contributed by atoms with Crippen molar-refractivity contribution in [1.82, 2.24) is 4.90 Å². The van der Waals surface area contributed by atoms with Crippen molar-refractivity contribution in [2.45, 2.75) is 20.4 Å². The van der Waals surface area contributed by atoms with E-state index in [4.69, 9.17) is 5.73 Å². The molecule has 0 saturated heterocycles. The molecule has 3 rings (SSSR count). The summed E-state index contributed by atoms with van der Waals surface area (Å²) >= 11 is 1.65. The van der Waals surface area contributed by atoms with E-state index in [2.05, 4.69) is 24.1 Å². The van der Waals surface area contributed by atoms with Gasteiger partial charge in [-0.1, -0.05) is 32.0 Å². The number of nitrogens with one attached hydrogen (secondary N) is 1. The molecule has 0 aliphatic carbocycles. The van der Waals surface area contributed by atoms with Gasteiger partial charge in [-0.25, -0.2) is 0 Å². The average Bonchev–Trinajstić information content (AvgIpc) is 2.65. The fourth-order valence-electron chi connectivity index (χ4n) is 3.15. The van der Waals surface area contributed by atoms with E-state index in [0.717, 1.165) is 57.6 Å². The molecule has 0 aliphatic heterocycles. The van der Waals surface area contributed by atoms with Gasteiger partial charge in [-0.2, -0.15) is 0 Å². The lowest BCUT2D eigenvalue weighted by Crippen LogP contribution is -2.28. The van der Waals surface area contributed by atoms with Crippen LogP contribution < -0.4 is 16.5 Å². The van der Waals surface area contributed by atoms with Gasteiger partial charge in [0.25, 0.3) is 0 Å². The van der Waals surface area contributed by atoms with Crippen LogP contribution in [-0.2, 0) is 6.54 Å². The van der Waals surface area contributed by atoms with Gasteiger partial charge in [0.05, 0.1) is 5.39 Å². The maximum Gasteiger partial charge on any atom is 0.197 e. The lowest BCUT2D eigenvalue weighted by molar-refractivity contribution is 0.316. The minimum Gasteiger partial charge on any atom is -0.383 e. The van der Waals surface area contributed by atoms with E-state index < -0.39 is 0 Å². The van der Waals surface area contributed by atoms with E-state index >= 15 is 0 Å². The summed E-state index contributed by atoms with van der Waals surface area (Å²) in [5, 5.41) is 5.02. The Hall–Kier alpha value is -1.95. The van der Waals surface area contributed by atoms with Crippen LogP contribution in [0.2, 0.25) is 0 Å². The molecule has 4 nitrogen and oxygen atoms in total. The molecule has 0 aliphatic rings. The minimum atomic E-state index is 0.0880. The van der Waals surface area contributed by atoms with E-state index in [0.29, 0.717) is 6.54 Å². The van der Waals surface area contributed by atoms with Crippen LogP contribution in [0.4, 0.5) is 5.69 Å². The third kappa shape index (κ3) is 3.54. The Bertz CT molecular complexity index is 931. The standard InChI is InChI=1S/C20H25N3OS/c1-3-23(4-2)12-11-22-16-10-9-14(13-21)20-18(16)19(24)15-7-5-6-8-17(15)25-20/h5-10,22H,3-4,11-13,21H2,1-2H3. The monoisotopic (exact) mass is 355 g/mol. The molecule has 0 bridgehead atoms. The normalized spacial score (nSPS) is 11.5. The number of nitrogens with zero attached hydrogens (tertiary/aromatic N) is 1. The van der Waals surface area contributed by atoms with Gasteiger partial charge in [0.2, 0.25) is 0 Å². The number of rotatable bonds is 7. The largest absolute Gasteiger partial charge is 0.383 e. The SMILES string of the molecule is CCN(CC)CCNc1ccc(CN)c2sc3ccccc3c(=O)c12. The zero-order chi connectivity index (χ0) is 17.8. The molecule has 1 heterocycles. The lowest BCUT2D eigenvalue weighted by Gasteiger charge is -2.19. The Morgan fingerprint density at radius 3 is 2.60 bits per heavy atom. The van der Waals surface area contributed by atoms with Gasteiger partial charge in [0.15, 0.2) is 5.43 Å². The molecule has 0 radical (unpaired) electrons. The molecule has 0 saturated carbocycles. The predicted molar refractivity (Wildman–Crippen MR) is 110 cm³/mol. The summed E-state index contributed by atoms with van der Waals surface area (Å²) < 4.78 is 2.01. The third-order valence-electron chi connectivity index (χ3n) is 4.67. The topological polar surface area (TPSA) is 58.4 Å². The number of anilines is 1. The summed E-state index contributed by atoms with van der Waals surface area (Å²) in [5.41, 5.74) is 7.94. The van der Waals surface area contributed by atoms with E-state index in [1.165, 1.54) is 0 Å². The van der Waals surface area contributed by atoms with Gasteiger partial charge in [-0.05, 0) is 36.9 Å². The summed E-state index contributed by atoms with van der Waals surface area (Å²) in [5.74, 6) is 0. The van der Waals surface area contributed by atoms with Crippen molar-refractivity contribution in [1.29, 1.82) is 0 Å². The smallest absolute Gasteiger partial charge is 0.197 e. The highest BCUT2D eigenvalue weighted by Gasteiger charge is 2.13. The molecule has 0 unspecified atom stereocenters. The number of fused-ring (bicyclic) bond motifs is 2. The van der Waals surface area contributed by atoms with E-state index in [1.807, 2.05) is 36.4 Å². The van der Waals surface area contributed by atoms with Crippen LogP contribution in [0.25, 0.3) is 20.2 Å². The molecule has 0 spiro atoms. The first-order valence-corrected chi connectivity index (χ1v) is 9.65. The molecule has 3 N–H and O–H groups in total. The second kappa shape index (κ2) is 7.95. The summed E-state index contributed by atoms with van der Waals surface area (Å²) in [4.78, 5) is 15.5. The second-order valence-electron chi connectivity index (χ2n) is 6.06. The van der Waals surface area contributed by atoms with Crippen molar-refractivity contribution >= 4 is 37.2 Å². The maximum atomic E-state index is 13.1. The second-order valence-corrected chi connectivity index (χ2v) is 7.11. The molecule has 132 valence electrons. The van der Waals surface area contributed by atoms with E-state index in [-0.39, 0.29) is 5.43 Å². The zero-order valence-electron chi connectivity index (χ0n) is 14.8. The molecular weight excluding hydrogens is 330 g/mol. The Kier molecular flexibility index (Phi) is 5.68. The molecule has 0 fully saturated rings. The van der Waals surface area contributed by atoms with Crippen molar-refractivity contribution in [2.24, 2.45) is 5.73 Å². The Morgan fingerprint density at radius 2 is 1.88 bits per heavy atom. The molecule has 25 heavy (non-hydrogen) atoms. The Morgan fingerprint density at radius 1 is 1.12 bits per heavy atom. The molecule has 3 aromatic rings. The van der Waals surface area contributed by atoms with Crippen LogP contribution in [-0.4, -0.2) is 31.1 Å². The van der Waals surface area contributed by atoms with Crippen molar-refractivity contribution < 1.29 is 0 Å². The fourth-order valence-corrected chi connectivity index (χ4v) is 4.38. The van der Waals surface area contributed by atoms with Crippen LogP contribution in [0.3, 0.4) is 0 Å². The lowest BCUT2D eigenvalue weighted by atomic mass is 10.1. The zero-order valence-corrected chi connectivity index (χ0v) is 15.7. The summed E-state index contributed by atoms with van der Waals surface area (Å²) in [6.45, 7) is 8.60. The van der Waals surface area contributed by atoms with Crippen LogP contribution in [0.1, 0.15) is 19.4 Å². The fraction of sp³-hybridized carbons (Fsp3) is 0.350. The van der Waals surface area contributed by atoms with Crippen LogP contribution in [0.5, 0.6) is 0 Å². The molecular formula is C20H25N3OS. The minimum absolute atomic E-state index is 0.0880. The van der Waals surface area contributed by atoms with Gasteiger partial charge in [0.1, 0.15) is 0 Å². The summed E-state index contributed by atoms with van der Waals surface area (Å²) in [7, 11) is 0. The number of hydrogen-bond acceptors (Lipinski definition) is 5.